The number of fused-ring (bicyclic) bond motifs is 2. The number of rotatable bonds is 5. The van der Waals surface area contributed by atoms with E-state index in [-0.39, 0.29) is 11.3 Å². The zero-order valence-electron chi connectivity index (χ0n) is 17.1. The van der Waals surface area contributed by atoms with E-state index in [0.717, 1.165) is 42.7 Å². The van der Waals surface area contributed by atoms with Crippen LogP contribution in [-0.2, 0) is 0 Å². The number of halogens is 5. The molecule has 0 N–H and O–H groups in total. The Labute approximate surface area is 173 Å². The van der Waals surface area contributed by atoms with Crippen molar-refractivity contribution in [2.45, 2.75) is 70.8 Å². The second kappa shape index (κ2) is 8.72. The molecule has 4 rings (SSSR count). The normalized spacial score (nSPS) is 26.8. The minimum absolute atomic E-state index is 0.0374. The van der Waals surface area contributed by atoms with Gasteiger partial charge in [0.25, 0.3) is 0 Å². The summed E-state index contributed by atoms with van der Waals surface area (Å²) < 4.78 is 72.2. The first-order valence-corrected chi connectivity index (χ1v) is 10.9. The lowest BCUT2D eigenvalue weighted by Crippen LogP contribution is -2.30. The van der Waals surface area contributed by atoms with E-state index in [1.54, 1.807) is 6.07 Å². The molecule has 0 aromatic heterocycles. The third-order valence-corrected chi connectivity index (χ3v) is 7.16. The van der Waals surface area contributed by atoms with Crippen molar-refractivity contribution in [3.63, 3.8) is 0 Å². The number of hydrogen-bond donors (Lipinski definition) is 0. The molecule has 0 radical (unpaired) electrons. The molecule has 2 fully saturated rings. The lowest BCUT2D eigenvalue weighted by atomic mass is 9.63. The van der Waals surface area contributed by atoms with Gasteiger partial charge in [0.05, 0.1) is 5.39 Å². The number of alkyl halides is 2. The van der Waals surface area contributed by atoms with Crippen molar-refractivity contribution in [3.8, 4) is 5.75 Å². The topological polar surface area (TPSA) is 9.23 Å². The fraction of sp³-hybridized carbons (Fsp3) is 0.583. The summed E-state index contributed by atoms with van der Waals surface area (Å²) in [4.78, 5) is 0. The van der Waals surface area contributed by atoms with Crippen LogP contribution in [-0.4, -0.2) is 6.61 Å². The van der Waals surface area contributed by atoms with Crippen LogP contribution in [0.15, 0.2) is 18.2 Å². The predicted molar refractivity (Wildman–Crippen MR) is 106 cm³/mol. The van der Waals surface area contributed by atoms with Gasteiger partial charge in [0.1, 0.15) is 5.82 Å². The molecule has 4 unspecified atom stereocenters. The van der Waals surface area contributed by atoms with Crippen LogP contribution >= 0.6 is 0 Å². The molecule has 0 heterocycles. The standard InChI is InChI=1S/C24H27F5O/c1-2-3-13-4-5-15-9-16(7-6-14(15)8-13)17-10-18-12-20(26)23(30-24(28)29)22(27)21(18)19(25)11-17/h10-16,24H,2-9H2,1H3. The van der Waals surface area contributed by atoms with E-state index < -0.39 is 35.2 Å². The molecule has 0 bridgehead atoms. The maximum Gasteiger partial charge on any atom is 0.387 e. The minimum Gasteiger partial charge on any atom is -0.429 e. The second-order valence-electron chi connectivity index (χ2n) is 8.98. The summed E-state index contributed by atoms with van der Waals surface area (Å²) in [6.45, 7) is -1.16. The molecule has 2 aromatic rings. The predicted octanol–water partition coefficient (Wildman–Crippen LogP) is 7.96. The Kier molecular flexibility index (Phi) is 6.21. The van der Waals surface area contributed by atoms with Gasteiger partial charge in [-0.05, 0) is 78.9 Å². The Morgan fingerprint density at radius 1 is 0.933 bits per heavy atom. The summed E-state index contributed by atoms with van der Waals surface area (Å²) in [5.74, 6) is -2.48. The van der Waals surface area contributed by atoms with Gasteiger partial charge in [0, 0.05) is 0 Å². The van der Waals surface area contributed by atoms with Gasteiger partial charge < -0.3 is 4.74 Å². The molecule has 2 aromatic carbocycles. The number of benzene rings is 2. The molecule has 4 atom stereocenters. The number of ether oxygens (including phenoxy) is 1. The molecule has 0 aliphatic heterocycles. The molecular formula is C24H27F5O. The highest BCUT2D eigenvalue weighted by Crippen LogP contribution is 2.49. The average Bonchev–Trinajstić information content (AvgIpc) is 2.70. The van der Waals surface area contributed by atoms with Gasteiger partial charge in [-0.25, -0.2) is 13.2 Å². The summed E-state index contributed by atoms with van der Waals surface area (Å²) in [7, 11) is 0. The zero-order chi connectivity index (χ0) is 21.4. The first-order chi connectivity index (χ1) is 14.4. The largest absolute Gasteiger partial charge is 0.429 e. The number of hydrogen-bond acceptors (Lipinski definition) is 1. The van der Waals surface area contributed by atoms with Crippen molar-refractivity contribution < 1.29 is 26.7 Å². The van der Waals surface area contributed by atoms with Gasteiger partial charge in [0.2, 0.25) is 0 Å². The van der Waals surface area contributed by atoms with Gasteiger partial charge in [-0.1, -0.05) is 32.3 Å². The molecule has 0 spiro atoms. The lowest BCUT2D eigenvalue weighted by molar-refractivity contribution is -0.0544. The van der Waals surface area contributed by atoms with Gasteiger partial charge in [-0.2, -0.15) is 8.78 Å². The van der Waals surface area contributed by atoms with Crippen molar-refractivity contribution in [1.82, 2.24) is 0 Å². The lowest BCUT2D eigenvalue weighted by Gasteiger charge is -2.42. The van der Waals surface area contributed by atoms with Crippen molar-refractivity contribution in [2.75, 3.05) is 0 Å². The SMILES string of the molecule is CCCC1CCC2CC(c3cc(F)c4c(F)c(OC(F)F)c(F)cc4c3)CCC2C1. The smallest absolute Gasteiger partial charge is 0.387 e. The van der Waals surface area contributed by atoms with Crippen LogP contribution in [0.3, 0.4) is 0 Å². The molecule has 164 valence electrons. The van der Waals surface area contributed by atoms with Crippen LogP contribution in [0.1, 0.15) is 69.8 Å². The second-order valence-corrected chi connectivity index (χ2v) is 8.98. The van der Waals surface area contributed by atoms with Crippen LogP contribution in [0.2, 0.25) is 0 Å². The highest BCUT2D eigenvalue weighted by atomic mass is 19.3. The van der Waals surface area contributed by atoms with Crippen molar-refractivity contribution in [3.05, 3.63) is 41.2 Å². The van der Waals surface area contributed by atoms with Gasteiger partial charge in [-0.3, -0.25) is 0 Å². The Balaban J connectivity index is 1.59. The minimum atomic E-state index is -3.39. The Morgan fingerprint density at radius 3 is 2.40 bits per heavy atom. The van der Waals surface area contributed by atoms with E-state index in [1.807, 2.05) is 0 Å². The highest BCUT2D eigenvalue weighted by Gasteiger charge is 2.36. The van der Waals surface area contributed by atoms with E-state index >= 15 is 0 Å². The quantitative estimate of drug-likeness (QED) is 0.441. The Bertz CT molecular complexity index is 912. The summed E-state index contributed by atoms with van der Waals surface area (Å²) in [5.41, 5.74) is 0.732. The zero-order valence-corrected chi connectivity index (χ0v) is 17.1. The van der Waals surface area contributed by atoms with E-state index in [9.17, 15) is 22.0 Å². The molecule has 1 nitrogen and oxygen atoms in total. The van der Waals surface area contributed by atoms with E-state index in [1.165, 1.54) is 38.2 Å². The van der Waals surface area contributed by atoms with Crippen molar-refractivity contribution >= 4 is 10.8 Å². The van der Waals surface area contributed by atoms with E-state index in [2.05, 4.69) is 11.7 Å². The first-order valence-electron chi connectivity index (χ1n) is 10.9. The monoisotopic (exact) mass is 426 g/mol. The molecular weight excluding hydrogens is 399 g/mol. The highest BCUT2D eigenvalue weighted by molar-refractivity contribution is 5.86. The molecule has 0 amide bonds. The van der Waals surface area contributed by atoms with E-state index in [0.29, 0.717) is 5.92 Å². The summed E-state index contributed by atoms with van der Waals surface area (Å²) >= 11 is 0. The molecule has 6 heteroatoms. The van der Waals surface area contributed by atoms with Crippen LogP contribution in [0.25, 0.3) is 10.8 Å². The summed E-state index contributed by atoms with van der Waals surface area (Å²) in [5, 5.41) is -0.472. The Hall–Kier alpha value is -1.85. The Morgan fingerprint density at radius 2 is 1.67 bits per heavy atom. The molecule has 2 saturated carbocycles. The molecule has 2 aliphatic carbocycles. The van der Waals surface area contributed by atoms with Crippen molar-refractivity contribution in [2.24, 2.45) is 17.8 Å². The fourth-order valence-electron chi connectivity index (χ4n) is 5.81. The molecule has 0 saturated heterocycles. The molecule has 2 aliphatic rings. The average molecular weight is 426 g/mol. The van der Waals surface area contributed by atoms with Gasteiger partial charge in [-0.15, -0.1) is 0 Å². The fourth-order valence-corrected chi connectivity index (χ4v) is 5.81. The van der Waals surface area contributed by atoms with Crippen LogP contribution < -0.4 is 4.74 Å². The first kappa shape index (κ1) is 21.4. The van der Waals surface area contributed by atoms with Crippen molar-refractivity contribution in [1.29, 1.82) is 0 Å². The van der Waals surface area contributed by atoms with Crippen LogP contribution in [0.4, 0.5) is 22.0 Å². The maximum atomic E-state index is 14.8. The van der Waals surface area contributed by atoms with Gasteiger partial charge in [0.15, 0.2) is 17.4 Å². The maximum absolute atomic E-state index is 14.8. The van der Waals surface area contributed by atoms with Crippen LogP contribution in [0.5, 0.6) is 5.75 Å². The van der Waals surface area contributed by atoms with E-state index in [4.69, 9.17) is 0 Å². The third-order valence-electron chi connectivity index (χ3n) is 7.16. The van der Waals surface area contributed by atoms with Gasteiger partial charge >= 0.3 is 6.61 Å². The van der Waals surface area contributed by atoms with Crippen LogP contribution in [0, 0.1) is 35.2 Å². The summed E-state index contributed by atoms with van der Waals surface area (Å²) in [6.07, 6.45) is 9.22. The third kappa shape index (κ3) is 4.15. The molecule has 30 heavy (non-hydrogen) atoms. The summed E-state index contributed by atoms with van der Waals surface area (Å²) in [6, 6.07) is 3.76.